The first kappa shape index (κ1) is 11.4. The van der Waals surface area contributed by atoms with E-state index in [4.69, 9.17) is 10.5 Å². The molecule has 0 spiro atoms. The number of benzene rings is 1. The lowest BCUT2D eigenvalue weighted by Gasteiger charge is -2.07. The smallest absolute Gasteiger partial charge is 0.325 e. The molecule has 0 saturated heterocycles. The van der Waals surface area contributed by atoms with Gasteiger partial charge < -0.3 is 15.8 Å². The lowest BCUT2D eigenvalue weighted by atomic mass is 10.2. The zero-order chi connectivity index (χ0) is 11.3. The number of nitrogen functional groups attached to an aromatic ring is 1. The fourth-order valence-electron chi connectivity index (χ4n) is 1.14. The molecular formula is C11H16N2O2. The van der Waals surface area contributed by atoms with Crippen LogP contribution in [0.4, 0.5) is 11.4 Å². The van der Waals surface area contributed by atoms with E-state index < -0.39 is 0 Å². The normalized spacial score (nSPS) is 9.73. The summed E-state index contributed by atoms with van der Waals surface area (Å²) in [4.78, 5) is 11.1. The third-order valence-electron chi connectivity index (χ3n) is 2.02. The van der Waals surface area contributed by atoms with Crippen LogP contribution in [-0.4, -0.2) is 19.1 Å². The molecule has 0 aliphatic rings. The molecule has 1 rings (SSSR count). The summed E-state index contributed by atoms with van der Waals surface area (Å²) in [5.41, 5.74) is 8.29. The van der Waals surface area contributed by atoms with E-state index in [2.05, 4.69) is 5.32 Å². The highest BCUT2D eigenvalue weighted by atomic mass is 16.5. The molecule has 0 amide bonds. The van der Waals surface area contributed by atoms with Gasteiger partial charge in [-0.1, -0.05) is 6.07 Å². The van der Waals surface area contributed by atoms with E-state index in [1.54, 1.807) is 13.0 Å². The van der Waals surface area contributed by atoms with Gasteiger partial charge in [0, 0.05) is 11.4 Å². The van der Waals surface area contributed by atoms with Gasteiger partial charge in [-0.15, -0.1) is 0 Å². The minimum absolute atomic E-state index is 0.163. The van der Waals surface area contributed by atoms with Crippen LogP contribution < -0.4 is 11.1 Å². The second kappa shape index (κ2) is 5.24. The number of aryl methyl sites for hydroxylation is 1. The van der Waals surface area contributed by atoms with Gasteiger partial charge in [0.2, 0.25) is 0 Å². The van der Waals surface area contributed by atoms with Crippen LogP contribution in [0.1, 0.15) is 12.5 Å². The number of anilines is 2. The molecule has 0 saturated carbocycles. The molecule has 3 N–H and O–H groups in total. The minimum Gasteiger partial charge on any atom is -0.465 e. The van der Waals surface area contributed by atoms with E-state index in [-0.39, 0.29) is 12.5 Å². The number of nitrogens with two attached hydrogens (primary N) is 1. The van der Waals surface area contributed by atoms with Crippen LogP contribution in [-0.2, 0) is 9.53 Å². The van der Waals surface area contributed by atoms with Crippen LogP contribution in [0.3, 0.4) is 0 Å². The highest BCUT2D eigenvalue weighted by Gasteiger charge is 2.01. The number of carbonyl (C=O) groups is 1. The quantitative estimate of drug-likeness (QED) is 0.582. The van der Waals surface area contributed by atoms with E-state index in [9.17, 15) is 4.79 Å². The molecule has 0 atom stereocenters. The lowest BCUT2D eigenvalue weighted by Crippen LogP contribution is -2.16. The number of rotatable bonds is 4. The summed E-state index contributed by atoms with van der Waals surface area (Å²) < 4.78 is 4.78. The van der Waals surface area contributed by atoms with Crippen LogP contribution in [0.5, 0.6) is 0 Å². The van der Waals surface area contributed by atoms with Crippen molar-refractivity contribution in [1.82, 2.24) is 0 Å². The Hall–Kier alpha value is -1.71. The Bertz CT molecular complexity index is 350. The van der Waals surface area contributed by atoms with Gasteiger partial charge in [0.25, 0.3) is 0 Å². The van der Waals surface area contributed by atoms with Crippen LogP contribution in [0.25, 0.3) is 0 Å². The van der Waals surface area contributed by atoms with Gasteiger partial charge in [0.05, 0.1) is 6.61 Å². The fraction of sp³-hybridized carbons (Fsp3) is 0.364. The van der Waals surface area contributed by atoms with Gasteiger partial charge in [-0.05, 0) is 31.5 Å². The molecule has 0 heterocycles. The van der Waals surface area contributed by atoms with E-state index in [0.717, 1.165) is 11.3 Å². The molecule has 1 aromatic rings. The van der Waals surface area contributed by atoms with Crippen LogP contribution in [0.2, 0.25) is 0 Å². The Kier molecular flexibility index (Phi) is 3.97. The van der Waals surface area contributed by atoms with E-state index in [1.165, 1.54) is 0 Å². The SMILES string of the molecule is CCOC(=O)CNc1ccc(C)c(N)c1. The molecular weight excluding hydrogens is 192 g/mol. The predicted octanol–water partition coefficient (Wildman–Crippen LogP) is 1.55. The summed E-state index contributed by atoms with van der Waals surface area (Å²) in [6.07, 6.45) is 0. The topological polar surface area (TPSA) is 64.3 Å². The van der Waals surface area contributed by atoms with Gasteiger partial charge >= 0.3 is 5.97 Å². The summed E-state index contributed by atoms with van der Waals surface area (Å²) in [7, 11) is 0. The average Bonchev–Trinajstić information content (AvgIpc) is 2.20. The first-order valence-electron chi connectivity index (χ1n) is 4.89. The van der Waals surface area contributed by atoms with Gasteiger partial charge in [-0.25, -0.2) is 0 Å². The van der Waals surface area contributed by atoms with Crippen molar-refractivity contribution in [1.29, 1.82) is 0 Å². The Morgan fingerprint density at radius 3 is 2.87 bits per heavy atom. The second-order valence-corrected chi connectivity index (χ2v) is 3.23. The van der Waals surface area contributed by atoms with Crippen molar-refractivity contribution in [3.8, 4) is 0 Å². The van der Waals surface area contributed by atoms with Crippen molar-refractivity contribution < 1.29 is 9.53 Å². The van der Waals surface area contributed by atoms with E-state index in [0.29, 0.717) is 12.3 Å². The number of hydrogen-bond acceptors (Lipinski definition) is 4. The molecule has 82 valence electrons. The molecule has 1 aromatic carbocycles. The Morgan fingerprint density at radius 2 is 2.27 bits per heavy atom. The Balaban J connectivity index is 2.51. The average molecular weight is 208 g/mol. The molecule has 15 heavy (non-hydrogen) atoms. The number of nitrogens with one attached hydrogen (secondary N) is 1. The molecule has 4 nitrogen and oxygen atoms in total. The maximum atomic E-state index is 11.1. The highest BCUT2D eigenvalue weighted by Crippen LogP contribution is 2.16. The van der Waals surface area contributed by atoms with Crippen LogP contribution in [0, 0.1) is 6.92 Å². The monoisotopic (exact) mass is 208 g/mol. The molecule has 0 aliphatic heterocycles. The number of ether oxygens (including phenoxy) is 1. The zero-order valence-corrected chi connectivity index (χ0v) is 9.04. The highest BCUT2D eigenvalue weighted by molar-refractivity contribution is 5.75. The predicted molar refractivity (Wildman–Crippen MR) is 60.7 cm³/mol. The van der Waals surface area contributed by atoms with Crippen LogP contribution in [0.15, 0.2) is 18.2 Å². The van der Waals surface area contributed by atoms with Crippen molar-refractivity contribution >= 4 is 17.3 Å². The molecule has 0 fully saturated rings. The number of esters is 1. The zero-order valence-electron chi connectivity index (χ0n) is 9.04. The fourth-order valence-corrected chi connectivity index (χ4v) is 1.14. The van der Waals surface area contributed by atoms with E-state index in [1.807, 2.05) is 19.1 Å². The molecule has 0 aliphatic carbocycles. The first-order chi connectivity index (χ1) is 7.13. The lowest BCUT2D eigenvalue weighted by molar-refractivity contribution is -0.140. The van der Waals surface area contributed by atoms with Crippen LogP contribution >= 0.6 is 0 Å². The van der Waals surface area contributed by atoms with Crippen molar-refractivity contribution in [2.75, 3.05) is 24.2 Å². The standard InChI is InChI=1S/C11H16N2O2/c1-3-15-11(14)7-13-9-5-4-8(2)10(12)6-9/h4-6,13H,3,7,12H2,1-2H3. The molecule has 0 unspecified atom stereocenters. The second-order valence-electron chi connectivity index (χ2n) is 3.23. The summed E-state index contributed by atoms with van der Waals surface area (Å²) in [5, 5.41) is 2.94. The minimum atomic E-state index is -0.267. The Morgan fingerprint density at radius 1 is 1.53 bits per heavy atom. The van der Waals surface area contributed by atoms with Gasteiger partial charge in [0.15, 0.2) is 0 Å². The molecule has 0 bridgehead atoms. The van der Waals surface area contributed by atoms with Gasteiger partial charge in [-0.3, -0.25) is 4.79 Å². The number of hydrogen-bond donors (Lipinski definition) is 2. The first-order valence-corrected chi connectivity index (χ1v) is 4.89. The van der Waals surface area contributed by atoms with Gasteiger partial charge in [-0.2, -0.15) is 0 Å². The Labute approximate surface area is 89.4 Å². The van der Waals surface area contributed by atoms with Gasteiger partial charge in [0.1, 0.15) is 6.54 Å². The molecule has 4 heteroatoms. The molecule has 0 aromatic heterocycles. The summed E-state index contributed by atoms with van der Waals surface area (Å²) >= 11 is 0. The summed E-state index contributed by atoms with van der Waals surface area (Å²) in [5.74, 6) is -0.267. The summed E-state index contributed by atoms with van der Waals surface area (Å²) in [6, 6.07) is 5.59. The van der Waals surface area contributed by atoms with E-state index >= 15 is 0 Å². The maximum Gasteiger partial charge on any atom is 0.325 e. The molecule has 0 radical (unpaired) electrons. The van der Waals surface area contributed by atoms with Crippen molar-refractivity contribution in [3.63, 3.8) is 0 Å². The largest absolute Gasteiger partial charge is 0.465 e. The maximum absolute atomic E-state index is 11.1. The van der Waals surface area contributed by atoms with Crippen molar-refractivity contribution in [2.24, 2.45) is 0 Å². The third-order valence-corrected chi connectivity index (χ3v) is 2.02. The summed E-state index contributed by atoms with van der Waals surface area (Å²) in [6.45, 7) is 4.28. The number of carbonyl (C=O) groups excluding carboxylic acids is 1. The van der Waals surface area contributed by atoms with Crippen molar-refractivity contribution in [3.05, 3.63) is 23.8 Å². The van der Waals surface area contributed by atoms with Crippen molar-refractivity contribution in [2.45, 2.75) is 13.8 Å². The third kappa shape index (κ3) is 3.50.